The molecule has 158 valence electrons. The number of amides is 2. The number of nitrogens with one attached hydrogen (secondary N) is 1. The molecule has 1 aliphatic rings. The highest BCUT2D eigenvalue weighted by Crippen LogP contribution is 2.24. The number of halogens is 4. The number of benzene rings is 2. The van der Waals surface area contributed by atoms with Crippen LogP contribution in [0, 0.1) is 5.82 Å². The van der Waals surface area contributed by atoms with Crippen LogP contribution in [0.2, 0.25) is 0 Å². The first kappa shape index (κ1) is 22.3. The monoisotopic (exact) mass is 414 g/mol. The normalized spacial score (nSPS) is 14.3. The van der Waals surface area contributed by atoms with Crippen LogP contribution >= 0.6 is 0 Å². The Balaban J connectivity index is 0.000000207. The van der Waals surface area contributed by atoms with Crippen molar-refractivity contribution in [1.29, 1.82) is 0 Å². The van der Waals surface area contributed by atoms with Crippen molar-refractivity contribution in [2.45, 2.75) is 44.6 Å². The van der Waals surface area contributed by atoms with Crippen LogP contribution in [0.15, 0.2) is 48.5 Å². The average molecular weight is 414 g/mol. The molecule has 1 fully saturated rings. The molecular formula is C20H22F4N2O3. The molecule has 0 unspecified atom stereocenters. The van der Waals surface area contributed by atoms with E-state index in [9.17, 15) is 22.4 Å². The van der Waals surface area contributed by atoms with Gasteiger partial charge in [-0.1, -0.05) is 6.42 Å². The second-order valence-electron chi connectivity index (χ2n) is 6.39. The molecule has 0 spiro atoms. The lowest BCUT2D eigenvalue weighted by atomic mass is 9.98. The Morgan fingerprint density at radius 3 is 2.00 bits per heavy atom. The summed E-state index contributed by atoms with van der Waals surface area (Å²) in [5.74, 6) is 0.219. The van der Waals surface area contributed by atoms with Crippen molar-refractivity contribution in [1.82, 2.24) is 0 Å². The summed E-state index contributed by atoms with van der Waals surface area (Å²) in [6, 6.07) is 10.1. The molecular weight excluding hydrogens is 392 g/mol. The molecule has 29 heavy (non-hydrogen) atoms. The topological polar surface area (TPSA) is 73.6 Å². The standard InChI is InChI=1S/C12H15FO.C8H7F3N2O2/c13-10-6-8-12(9-7-10)14-11-4-2-1-3-5-11;9-8(10,11)15-6-3-1-5(2-4-6)13-7(12)14/h6-9,11H,1-5H2;1-4H,(H3,12,13,14). The summed E-state index contributed by atoms with van der Waals surface area (Å²) < 4.78 is 57.2. The smallest absolute Gasteiger partial charge is 0.490 e. The van der Waals surface area contributed by atoms with Crippen LogP contribution in [0.3, 0.4) is 0 Å². The lowest BCUT2D eigenvalue weighted by Crippen LogP contribution is -2.19. The van der Waals surface area contributed by atoms with E-state index in [1.807, 2.05) is 0 Å². The molecule has 2 amide bonds. The van der Waals surface area contributed by atoms with Gasteiger partial charge in [0, 0.05) is 5.69 Å². The Bertz CT molecular complexity index is 759. The third-order valence-electron chi connectivity index (χ3n) is 4.02. The SMILES string of the molecule is Fc1ccc(OC2CCCCC2)cc1.NC(=O)Nc1ccc(OC(F)(F)F)cc1. The summed E-state index contributed by atoms with van der Waals surface area (Å²) in [5, 5.41) is 2.20. The molecule has 0 aliphatic heterocycles. The average Bonchev–Trinajstić information content (AvgIpc) is 2.65. The molecule has 3 rings (SSSR count). The van der Waals surface area contributed by atoms with Crippen LogP contribution in [-0.4, -0.2) is 18.5 Å². The quantitative estimate of drug-likeness (QED) is 0.639. The van der Waals surface area contributed by atoms with Crippen LogP contribution in [0.4, 0.5) is 28.0 Å². The minimum Gasteiger partial charge on any atom is -0.490 e. The van der Waals surface area contributed by atoms with Gasteiger partial charge in [-0.25, -0.2) is 9.18 Å². The van der Waals surface area contributed by atoms with Gasteiger partial charge >= 0.3 is 12.4 Å². The van der Waals surface area contributed by atoms with E-state index in [1.165, 1.54) is 43.5 Å². The summed E-state index contributed by atoms with van der Waals surface area (Å²) in [6.45, 7) is 0. The van der Waals surface area contributed by atoms with Gasteiger partial charge in [-0.3, -0.25) is 0 Å². The highest BCUT2D eigenvalue weighted by atomic mass is 19.4. The molecule has 0 aromatic heterocycles. The van der Waals surface area contributed by atoms with Gasteiger partial charge in [-0.2, -0.15) is 0 Å². The van der Waals surface area contributed by atoms with Gasteiger partial charge < -0.3 is 20.5 Å². The lowest BCUT2D eigenvalue weighted by molar-refractivity contribution is -0.274. The first-order chi connectivity index (χ1) is 13.7. The second kappa shape index (κ2) is 10.5. The van der Waals surface area contributed by atoms with Gasteiger partial charge in [-0.15, -0.1) is 13.2 Å². The molecule has 1 saturated carbocycles. The maximum absolute atomic E-state index is 12.6. The molecule has 5 nitrogen and oxygen atoms in total. The van der Waals surface area contributed by atoms with Crippen molar-refractivity contribution in [3.05, 3.63) is 54.3 Å². The number of hydrogen-bond donors (Lipinski definition) is 2. The van der Waals surface area contributed by atoms with Gasteiger partial charge in [0.05, 0.1) is 6.10 Å². The van der Waals surface area contributed by atoms with E-state index in [-0.39, 0.29) is 17.3 Å². The third-order valence-corrected chi connectivity index (χ3v) is 4.02. The number of primary amides is 1. The number of carbonyl (C=O) groups excluding carboxylic acids is 1. The van der Waals surface area contributed by atoms with E-state index in [2.05, 4.69) is 10.1 Å². The van der Waals surface area contributed by atoms with Crippen LogP contribution in [0.1, 0.15) is 32.1 Å². The fraction of sp³-hybridized carbons (Fsp3) is 0.350. The van der Waals surface area contributed by atoms with Crippen LogP contribution in [0.5, 0.6) is 11.5 Å². The number of anilines is 1. The highest BCUT2D eigenvalue weighted by molar-refractivity contribution is 5.87. The Kier molecular flexibility index (Phi) is 8.11. The molecule has 9 heteroatoms. The fourth-order valence-corrected chi connectivity index (χ4v) is 2.77. The fourth-order valence-electron chi connectivity index (χ4n) is 2.77. The summed E-state index contributed by atoms with van der Waals surface area (Å²) in [4.78, 5) is 10.4. The van der Waals surface area contributed by atoms with E-state index in [0.29, 0.717) is 6.10 Å². The predicted octanol–water partition coefficient (Wildman–Crippen LogP) is 5.61. The van der Waals surface area contributed by atoms with Crippen LogP contribution < -0.4 is 20.5 Å². The number of ether oxygens (including phenoxy) is 2. The molecule has 2 aromatic rings. The Hall–Kier alpha value is -2.97. The van der Waals surface area contributed by atoms with Crippen LogP contribution in [0.25, 0.3) is 0 Å². The number of carbonyl (C=O) groups is 1. The van der Waals surface area contributed by atoms with Gasteiger partial charge in [0.1, 0.15) is 17.3 Å². The van der Waals surface area contributed by atoms with E-state index >= 15 is 0 Å². The van der Waals surface area contributed by atoms with E-state index in [0.717, 1.165) is 30.7 Å². The van der Waals surface area contributed by atoms with Crippen molar-refractivity contribution in [2.75, 3.05) is 5.32 Å². The summed E-state index contributed by atoms with van der Waals surface area (Å²) in [6.07, 6.45) is 1.73. The molecule has 2 aromatic carbocycles. The highest BCUT2D eigenvalue weighted by Gasteiger charge is 2.30. The first-order valence-electron chi connectivity index (χ1n) is 9.06. The van der Waals surface area contributed by atoms with E-state index in [4.69, 9.17) is 10.5 Å². The number of rotatable bonds is 4. The minimum absolute atomic E-state index is 0.207. The zero-order chi connectivity index (χ0) is 21.3. The van der Waals surface area contributed by atoms with Crippen molar-refractivity contribution >= 4 is 11.7 Å². The maximum Gasteiger partial charge on any atom is 0.573 e. The Morgan fingerprint density at radius 2 is 1.48 bits per heavy atom. The summed E-state index contributed by atoms with van der Waals surface area (Å²) in [7, 11) is 0. The zero-order valence-electron chi connectivity index (χ0n) is 15.5. The largest absolute Gasteiger partial charge is 0.573 e. The summed E-state index contributed by atoms with van der Waals surface area (Å²) >= 11 is 0. The third kappa shape index (κ3) is 9.18. The first-order valence-corrected chi connectivity index (χ1v) is 9.06. The van der Waals surface area contributed by atoms with Crippen LogP contribution in [-0.2, 0) is 0 Å². The number of hydrogen-bond acceptors (Lipinski definition) is 3. The van der Waals surface area contributed by atoms with Crippen molar-refractivity contribution in [3.63, 3.8) is 0 Å². The van der Waals surface area contributed by atoms with Gasteiger partial charge in [-0.05, 0) is 74.2 Å². The van der Waals surface area contributed by atoms with E-state index < -0.39 is 12.4 Å². The minimum atomic E-state index is -4.72. The molecule has 0 atom stereocenters. The van der Waals surface area contributed by atoms with Gasteiger partial charge in [0.2, 0.25) is 0 Å². The number of urea groups is 1. The van der Waals surface area contributed by atoms with Gasteiger partial charge in [0.15, 0.2) is 0 Å². The molecule has 0 saturated heterocycles. The van der Waals surface area contributed by atoms with Crippen molar-refractivity contribution < 1.29 is 31.8 Å². The number of alkyl halides is 3. The Morgan fingerprint density at radius 1 is 0.931 bits per heavy atom. The predicted molar refractivity (Wildman–Crippen MR) is 100 cm³/mol. The number of nitrogens with two attached hydrogens (primary N) is 1. The lowest BCUT2D eigenvalue weighted by Gasteiger charge is -2.22. The maximum atomic E-state index is 12.6. The molecule has 0 radical (unpaired) electrons. The molecule has 0 heterocycles. The molecule has 0 bridgehead atoms. The molecule has 3 N–H and O–H groups in total. The summed E-state index contributed by atoms with van der Waals surface area (Å²) in [5.41, 5.74) is 5.09. The second-order valence-corrected chi connectivity index (χ2v) is 6.39. The van der Waals surface area contributed by atoms with E-state index in [1.54, 1.807) is 12.1 Å². The van der Waals surface area contributed by atoms with Gasteiger partial charge in [0.25, 0.3) is 0 Å². The Labute approximate surface area is 165 Å². The van der Waals surface area contributed by atoms with Crippen molar-refractivity contribution in [3.8, 4) is 11.5 Å². The van der Waals surface area contributed by atoms with Crippen molar-refractivity contribution in [2.24, 2.45) is 5.73 Å². The zero-order valence-corrected chi connectivity index (χ0v) is 15.5. The molecule has 1 aliphatic carbocycles.